The minimum absolute atomic E-state index is 0.106. The van der Waals surface area contributed by atoms with E-state index >= 15 is 0 Å². The van der Waals surface area contributed by atoms with Gasteiger partial charge < -0.3 is 5.73 Å². The maximum Gasteiger partial charge on any atom is 0.242 e. The number of alkyl halides is 1. The molecule has 0 unspecified atom stereocenters. The number of rotatable bonds is 6. The molecule has 0 fully saturated rings. The number of nitrogens with one attached hydrogen (secondary N) is 1. The van der Waals surface area contributed by atoms with E-state index in [0.29, 0.717) is 11.1 Å². The fraction of sp³-hybridized carbons (Fsp3) is 0.100. The highest BCUT2D eigenvalue weighted by Crippen LogP contribution is 2.38. The van der Waals surface area contributed by atoms with Gasteiger partial charge in [0.1, 0.15) is 5.82 Å². The van der Waals surface area contributed by atoms with Gasteiger partial charge in [-0.1, -0.05) is 72.3 Å². The zero-order valence-electron chi connectivity index (χ0n) is 14.2. The summed E-state index contributed by atoms with van der Waals surface area (Å²) in [6.45, 7) is 0. The van der Waals surface area contributed by atoms with Gasteiger partial charge in [0.05, 0.1) is 10.9 Å². The van der Waals surface area contributed by atoms with Crippen LogP contribution in [0.3, 0.4) is 0 Å². The Morgan fingerprint density at radius 2 is 1.41 bits per heavy atom. The normalized spacial score (nSPS) is 15.1. The Hall–Kier alpha value is -2.25. The van der Waals surface area contributed by atoms with Crippen LogP contribution in [0.4, 0.5) is 4.39 Å². The smallest absolute Gasteiger partial charge is 0.242 e. The molecule has 0 radical (unpaired) electrons. The highest BCUT2D eigenvalue weighted by atomic mass is 35.5. The molecule has 0 spiro atoms. The molecule has 0 heterocycles. The van der Waals surface area contributed by atoms with Gasteiger partial charge in [0, 0.05) is 0 Å². The molecular weight excluding hydrogens is 387 g/mol. The topological polar surface area (TPSA) is 72.2 Å². The molecule has 7 heteroatoms. The summed E-state index contributed by atoms with van der Waals surface area (Å²) in [6.07, 6.45) is 0. The van der Waals surface area contributed by atoms with Crippen LogP contribution in [-0.2, 0) is 15.0 Å². The van der Waals surface area contributed by atoms with Crippen molar-refractivity contribution in [2.45, 2.75) is 15.9 Å². The highest BCUT2D eigenvalue weighted by molar-refractivity contribution is 7.89. The van der Waals surface area contributed by atoms with Crippen LogP contribution < -0.4 is 10.5 Å². The van der Waals surface area contributed by atoms with Gasteiger partial charge >= 0.3 is 0 Å². The molecule has 0 aliphatic heterocycles. The van der Waals surface area contributed by atoms with Crippen molar-refractivity contribution in [3.05, 3.63) is 102 Å². The van der Waals surface area contributed by atoms with Crippen molar-refractivity contribution >= 4 is 21.6 Å². The van der Waals surface area contributed by atoms with Crippen LogP contribution in [0.25, 0.3) is 0 Å². The first-order valence-corrected chi connectivity index (χ1v) is 10.0. The third kappa shape index (κ3) is 4.20. The van der Waals surface area contributed by atoms with Crippen LogP contribution in [0.1, 0.15) is 17.2 Å². The lowest BCUT2D eigenvalue weighted by atomic mass is 9.94. The van der Waals surface area contributed by atoms with Gasteiger partial charge in [-0.15, -0.1) is 0 Å². The number of halogens is 2. The maximum absolute atomic E-state index is 13.2. The summed E-state index contributed by atoms with van der Waals surface area (Å²) in [7, 11) is -4.06. The quantitative estimate of drug-likeness (QED) is 0.483. The Bertz CT molecular complexity index is 999. The van der Waals surface area contributed by atoms with Crippen molar-refractivity contribution in [1.82, 2.24) is 4.72 Å². The highest BCUT2D eigenvalue weighted by Gasteiger charge is 2.41. The predicted octanol–water partition coefficient (Wildman–Crippen LogP) is 3.90. The molecule has 0 aliphatic carbocycles. The lowest BCUT2D eigenvalue weighted by Crippen LogP contribution is -2.48. The first kappa shape index (κ1) is 19.5. The maximum atomic E-state index is 13.2. The van der Waals surface area contributed by atoms with E-state index < -0.39 is 26.9 Å². The minimum Gasteiger partial charge on any atom is -0.321 e. The summed E-state index contributed by atoms with van der Waals surface area (Å²) in [5, 5.41) is 0. The second-order valence-corrected chi connectivity index (χ2v) is 8.30. The van der Waals surface area contributed by atoms with E-state index in [1.54, 1.807) is 54.6 Å². The lowest BCUT2D eigenvalue weighted by molar-refractivity contribution is 0.452. The molecular formula is C20H18ClFN2O2S. The number of benzene rings is 3. The second kappa shape index (κ2) is 7.78. The third-order valence-electron chi connectivity index (χ3n) is 4.19. The number of sulfonamides is 1. The largest absolute Gasteiger partial charge is 0.321 e. The Balaban J connectivity index is 2.06. The molecule has 2 atom stereocenters. The number of hydrogen-bond donors (Lipinski definition) is 2. The Kier molecular flexibility index (Phi) is 5.62. The molecule has 0 aliphatic rings. The summed E-state index contributed by atoms with van der Waals surface area (Å²) in [5.41, 5.74) is 7.56. The van der Waals surface area contributed by atoms with Gasteiger partial charge in [-0.2, -0.15) is 4.72 Å². The summed E-state index contributed by atoms with van der Waals surface area (Å²) in [6, 6.07) is 21.3. The number of nitrogens with two attached hydrogens (primary N) is 1. The molecule has 0 aromatic heterocycles. The molecule has 4 nitrogen and oxygen atoms in total. The van der Waals surface area contributed by atoms with Crippen LogP contribution in [0.2, 0.25) is 0 Å². The molecule has 3 N–H and O–H groups in total. The number of hydrogen-bond acceptors (Lipinski definition) is 3. The predicted molar refractivity (Wildman–Crippen MR) is 104 cm³/mol. The van der Waals surface area contributed by atoms with E-state index in [1.165, 1.54) is 12.1 Å². The molecule has 0 bridgehead atoms. The monoisotopic (exact) mass is 404 g/mol. The minimum atomic E-state index is -4.06. The molecule has 3 aromatic carbocycles. The van der Waals surface area contributed by atoms with Crippen molar-refractivity contribution in [2.75, 3.05) is 0 Å². The van der Waals surface area contributed by atoms with Crippen molar-refractivity contribution < 1.29 is 12.8 Å². The molecule has 140 valence electrons. The second-order valence-electron chi connectivity index (χ2n) is 6.03. The standard InChI is InChI=1S/C20H18ClFN2O2S/c21-20(16-9-5-2-6-10-16,19(23)15-7-3-1-4-8-15)24-27(25,26)18-13-11-17(22)12-14-18/h1-14,19,24H,23H2/t19-,20-/m1/s1. The zero-order chi connectivity index (χ0) is 19.5. The first-order valence-electron chi connectivity index (χ1n) is 8.17. The van der Waals surface area contributed by atoms with Gasteiger partial charge in [0.25, 0.3) is 0 Å². The molecule has 0 saturated heterocycles. The van der Waals surface area contributed by atoms with Crippen molar-refractivity contribution in [2.24, 2.45) is 5.73 Å². The average Bonchev–Trinajstić information content (AvgIpc) is 2.68. The fourth-order valence-corrected chi connectivity index (χ4v) is 4.55. The van der Waals surface area contributed by atoms with Gasteiger partial charge in [-0.05, 0) is 35.4 Å². The van der Waals surface area contributed by atoms with E-state index in [9.17, 15) is 12.8 Å². The summed E-state index contributed by atoms with van der Waals surface area (Å²) < 4.78 is 41.5. The molecule has 27 heavy (non-hydrogen) atoms. The van der Waals surface area contributed by atoms with Gasteiger partial charge in [-0.25, -0.2) is 12.8 Å². The fourth-order valence-electron chi connectivity index (χ4n) is 2.74. The van der Waals surface area contributed by atoms with Crippen molar-refractivity contribution in [1.29, 1.82) is 0 Å². The Morgan fingerprint density at radius 1 is 0.889 bits per heavy atom. The van der Waals surface area contributed by atoms with Gasteiger partial charge in [-0.3, -0.25) is 0 Å². The molecule has 0 amide bonds. The zero-order valence-corrected chi connectivity index (χ0v) is 15.8. The molecule has 0 saturated carbocycles. The van der Waals surface area contributed by atoms with Crippen molar-refractivity contribution in [3.8, 4) is 0 Å². The lowest BCUT2D eigenvalue weighted by Gasteiger charge is -2.34. The van der Waals surface area contributed by atoms with E-state index in [2.05, 4.69) is 4.72 Å². The average molecular weight is 405 g/mol. The van der Waals surface area contributed by atoms with Crippen LogP contribution in [0.15, 0.2) is 89.8 Å². The Labute approximate surface area is 162 Å². The Morgan fingerprint density at radius 3 is 1.96 bits per heavy atom. The SMILES string of the molecule is N[C@H](c1ccccc1)[C@](Cl)(NS(=O)(=O)c1ccc(F)cc1)c1ccccc1. The molecule has 3 aromatic rings. The van der Waals surface area contributed by atoms with Gasteiger partial charge in [0.15, 0.2) is 5.00 Å². The van der Waals surface area contributed by atoms with Crippen LogP contribution in [0, 0.1) is 5.82 Å². The summed E-state index contributed by atoms with van der Waals surface area (Å²) in [4.78, 5) is -1.75. The summed E-state index contributed by atoms with van der Waals surface area (Å²) in [5.74, 6) is -0.532. The van der Waals surface area contributed by atoms with E-state index in [1.807, 2.05) is 6.07 Å². The van der Waals surface area contributed by atoms with E-state index in [4.69, 9.17) is 17.3 Å². The third-order valence-corrected chi connectivity index (χ3v) is 6.33. The van der Waals surface area contributed by atoms with E-state index in [0.717, 1.165) is 12.1 Å². The first-order chi connectivity index (χ1) is 12.8. The van der Waals surface area contributed by atoms with Crippen molar-refractivity contribution in [3.63, 3.8) is 0 Å². The van der Waals surface area contributed by atoms with Gasteiger partial charge in [0.2, 0.25) is 10.0 Å². The van der Waals surface area contributed by atoms with E-state index in [-0.39, 0.29) is 4.90 Å². The molecule has 3 rings (SSSR count). The van der Waals surface area contributed by atoms with Crippen LogP contribution in [0.5, 0.6) is 0 Å². The van der Waals surface area contributed by atoms with Crippen LogP contribution >= 0.6 is 11.6 Å². The van der Waals surface area contributed by atoms with Crippen LogP contribution in [-0.4, -0.2) is 8.42 Å². The summed E-state index contributed by atoms with van der Waals surface area (Å²) >= 11 is 6.83.